The summed E-state index contributed by atoms with van der Waals surface area (Å²) in [6.45, 7) is 5.80. The molecule has 0 atom stereocenters. The zero-order valence-electron chi connectivity index (χ0n) is 11.0. The van der Waals surface area contributed by atoms with Crippen LogP contribution in [0.4, 0.5) is 11.4 Å². The molecule has 0 spiro atoms. The van der Waals surface area contributed by atoms with E-state index in [9.17, 15) is 0 Å². The molecule has 0 aliphatic heterocycles. The van der Waals surface area contributed by atoms with Crippen LogP contribution in [0, 0.1) is 20.8 Å². The van der Waals surface area contributed by atoms with E-state index < -0.39 is 0 Å². The van der Waals surface area contributed by atoms with Gasteiger partial charge in [0.15, 0.2) is 4.32 Å². The van der Waals surface area contributed by atoms with Crippen LogP contribution < -0.4 is 0 Å². The van der Waals surface area contributed by atoms with Crippen LogP contribution in [0.5, 0.6) is 0 Å². The van der Waals surface area contributed by atoms with E-state index in [4.69, 9.17) is 12.2 Å². The Bertz CT molecular complexity index is 641. The molecule has 4 nitrogen and oxygen atoms in total. The Kier molecular flexibility index (Phi) is 4.11. The molecule has 1 aromatic heterocycles. The molecule has 0 aliphatic carbocycles. The number of thiol groups is 1. The normalized spacial score (nSPS) is 11.2. The van der Waals surface area contributed by atoms with Gasteiger partial charge in [0.2, 0.25) is 0 Å². The second kappa shape index (κ2) is 5.63. The van der Waals surface area contributed by atoms with Gasteiger partial charge in [0.1, 0.15) is 5.69 Å². The molecule has 0 saturated carbocycles. The van der Waals surface area contributed by atoms with Crippen molar-refractivity contribution in [2.45, 2.75) is 20.8 Å². The third-order valence-corrected chi connectivity index (χ3v) is 3.10. The highest BCUT2D eigenvalue weighted by Crippen LogP contribution is 2.26. The van der Waals surface area contributed by atoms with Gasteiger partial charge in [0, 0.05) is 0 Å². The molecule has 6 heteroatoms. The average Bonchev–Trinajstić information content (AvgIpc) is 2.65. The Balaban J connectivity index is 2.33. The van der Waals surface area contributed by atoms with Crippen molar-refractivity contribution >= 4 is 40.5 Å². The minimum atomic E-state index is 0.400. The second-order valence-electron chi connectivity index (χ2n) is 4.25. The summed E-state index contributed by atoms with van der Waals surface area (Å²) in [5.74, 6) is 0. The first-order valence-electron chi connectivity index (χ1n) is 5.77. The van der Waals surface area contributed by atoms with E-state index in [1.807, 2.05) is 45.0 Å². The van der Waals surface area contributed by atoms with Crippen LogP contribution in [0.2, 0.25) is 0 Å². The Morgan fingerprint density at radius 2 is 1.79 bits per heavy atom. The van der Waals surface area contributed by atoms with Crippen LogP contribution in [-0.2, 0) is 0 Å². The Morgan fingerprint density at radius 3 is 2.32 bits per heavy atom. The summed E-state index contributed by atoms with van der Waals surface area (Å²) in [7, 11) is 0. The van der Waals surface area contributed by atoms with Gasteiger partial charge in [-0.25, -0.2) is 4.68 Å². The van der Waals surface area contributed by atoms with Crippen molar-refractivity contribution in [3.05, 3.63) is 41.2 Å². The lowest BCUT2D eigenvalue weighted by atomic mass is 10.2. The van der Waals surface area contributed by atoms with Gasteiger partial charge in [-0.15, -0.1) is 17.7 Å². The molecule has 2 aromatic rings. The number of hydrogen-bond donors (Lipinski definition) is 1. The second-order valence-corrected chi connectivity index (χ2v) is 5.36. The van der Waals surface area contributed by atoms with Gasteiger partial charge in [-0.1, -0.05) is 29.9 Å². The van der Waals surface area contributed by atoms with E-state index in [0.29, 0.717) is 4.32 Å². The summed E-state index contributed by atoms with van der Waals surface area (Å²) in [4.78, 5) is 0. The average molecular weight is 290 g/mol. The topological polar surface area (TPSA) is 42.5 Å². The highest BCUT2D eigenvalue weighted by molar-refractivity contribution is 8.11. The van der Waals surface area contributed by atoms with Crippen molar-refractivity contribution in [3.8, 4) is 0 Å². The summed E-state index contributed by atoms with van der Waals surface area (Å²) in [5, 5.41) is 12.8. The van der Waals surface area contributed by atoms with E-state index in [1.54, 1.807) is 4.68 Å². The van der Waals surface area contributed by atoms with Crippen LogP contribution in [0.3, 0.4) is 0 Å². The summed E-state index contributed by atoms with van der Waals surface area (Å²) >= 11 is 9.13. The van der Waals surface area contributed by atoms with Crippen LogP contribution in [0.1, 0.15) is 17.0 Å². The number of hydrogen-bond acceptors (Lipinski definition) is 4. The number of nitrogens with zero attached hydrogens (tertiary/aromatic N) is 4. The maximum Gasteiger partial charge on any atom is 0.158 e. The fraction of sp³-hybridized carbons (Fsp3) is 0.231. The Labute approximate surface area is 123 Å². The first-order chi connectivity index (χ1) is 8.99. The van der Waals surface area contributed by atoms with Crippen molar-refractivity contribution < 1.29 is 0 Å². The van der Waals surface area contributed by atoms with Gasteiger partial charge in [-0.05, 0) is 32.9 Å². The van der Waals surface area contributed by atoms with E-state index in [2.05, 4.69) is 28.0 Å². The quantitative estimate of drug-likeness (QED) is 0.509. The highest BCUT2D eigenvalue weighted by atomic mass is 32.1. The maximum atomic E-state index is 5.01. The predicted octanol–water partition coefficient (Wildman–Crippen LogP) is 4.29. The third-order valence-electron chi connectivity index (χ3n) is 2.73. The van der Waals surface area contributed by atoms with E-state index in [0.717, 1.165) is 22.8 Å². The standard InChI is InChI=1S/C13H14N4S2/c1-8-4-6-11(7-5-8)14-15-12-9(2)16-17(10(12)3)13(18)19/h4-7H,1-3H3,(H,18,19). The van der Waals surface area contributed by atoms with Gasteiger partial charge >= 0.3 is 0 Å². The number of aryl methyl sites for hydroxylation is 2. The summed E-state index contributed by atoms with van der Waals surface area (Å²) < 4.78 is 1.98. The van der Waals surface area contributed by atoms with Gasteiger partial charge in [-0.3, -0.25) is 0 Å². The summed E-state index contributed by atoms with van der Waals surface area (Å²) in [6.07, 6.45) is 0. The number of benzene rings is 1. The lowest BCUT2D eigenvalue weighted by Gasteiger charge is -1.98. The number of thiocarbonyl (C=S) groups is 1. The number of aromatic nitrogens is 2. The maximum absolute atomic E-state index is 5.01. The minimum Gasteiger partial charge on any atom is -0.218 e. The largest absolute Gasteiger partial charge is 0.218 e. The predicted molar refractivity (Wildman–Crippen MR) is 84.0 cm³/mol. The SMILES string of the molecule is Cc1ccc(N=Nc2c(C)nn(C(=S)S)c2C)cc1. The molecule has 0 fully saturated rings. The summed E-state index contributed by atoms with van der Waals surface area (Å²) in [5.41, 5.74) is 4.36. The molecule has 1 heterocycles. The Hall–Kier alpha value is -1.53. The lowest BCUT2D eigenvalue weighted by Crippen LogP contribution is -2.05. The molecule has 98 valence electrons. The molecule has 0 amide bonds. The third kappa shape index (κ3) is 3.08. The number of rotatable bonds is 2. The van der Waals surface area contributed by atoms with Crippen molar-refractivity contribution in [2.24, 2.45) is 10.2 Å². The molecule has 0 radical (unpaired) electrons. The van der Waals surface area contributed by atoms with Crippen molar-refractivity contribution in [1.29, 1.82) is 0 Å². The fourth-order valence-corrected chi connectivity index (χ4v) is 2.06. The molecule has 0 N–H and O–H groups in total. The fourth-order valence-electron chi connectivity index (χ4n) is 1.68. The molecule has 19 heavy (non-hydrogen) atoms. The van der Waals surface area contributed by atoms with Crippen LogP contribution in [0.25, 0.3) is 0 Å². The number of azo groups is 1. The minimum absolute atomic E-state index is 0.400. The van der Waals surface area contributed by atoms with Gasteiger partial charge in [0.05, 0.1) is 17.1 Å². The molecular formula is C13H14N4S2. The van der Waals surface area contributed by atoms with Crippen molar-refractivity contribution in [3.63, 3.8) is 0 Å². The van der Waals surface area contributed by atoms with Crippen molar-refractivity contribution in [2.75, 3.05) is 0 Å². The van der Waals surface area contributed by atoms with Crippen LogP contribution >= 0.6 is 24.8 Å². The lowest BCUT2D eigenvalue weighted by molar-refractivity contribution is 0.906. The smallest absolute Gasteiger partial charge is 0.158 e. The first kappa shape index (κ1) is 13.9. The molecule has 0 saturated heterocycles. The van der Waals surface area contributed by atoms with E-state index in [-0.39, 0.29) is 0 Å². The van der Waals surface area contributed by atoms with Gasteiger partial charge in [-0.2, -0.15) is 10.2 Å². The van der Waals surface area contributed by atoms with Gasteiger partial charge < -0.3 is 0 Å². The molecule has 0 aliphatic rings. The van der Waals surface area contributed by atoms with Crippen molar-refractivity contribution in [1.82, 2.24) is 9.78 Å². The highest BCUT2D eigenvalue weighted by Gasteiger charge is 2.12. The molecule has 0 unspecified atom stereocenters. The monoisotopic (exact) mass is 290 g/mol. The van der Waals surface area contributed by atoms with Gasteiger partial charge in [0.25, 0.3) is 0 Å². The molecule has 0 bridgehead atoms. The van der Waals surface area contributed by atoms with Crippen LogP contribution in [-0.4, -0.2) is 14.1 Å². The molecule has 1 aromatic carbocycles. The molecule has 2 rings (SSSR count). The van der Waals surface area contributed by atoms with Crippen LogP contribution in [0.15, 0.2) is 34.5 Å². The molecular weight excluding hydrogens is 276 g/mol. The first-order valence-corrected chi connectivity index (χ1v) is 6.62. The zero-order valence-corrected chi connectivity index (χ0v) is 12.7. The summed E-state index contributed by atoms with van der Waals surface area (Å²) in [6, 6.07) is 7.86. The zero-order chi connectivity index (χ0) is 14.0. The Morgan fingerprint density at radius 1 is 1.16 bits per heavy atom. The van der Waals surface area contributed by atoms with E-state index >= 15 is 0 Å². The van der Waals surface area contributed by atoms with E-state index in [1.165, 1.54) is 5.56 Å².